The zero-order chi connectivity index (χ0) is 16.2. The third-order valence-corrected chi connectivity index (χ3v) is 5.82. The van der Waals surface area contributed by atoms with Gasteiger partial charge >= 0.3 is 0 Å². The second kappa shape index (κ2) is 7.71. The van der Waals surface area contributed by atoms with E-state index in [1.807, 2.05) is 0 Å². The van der Waals surface area contributed by atoms with E-state index in [4.69, 9.17) is 4.74 Å². The molecule has 0 bridgehead atoms. The standard InChI is InChI=1S/C17H28N4OS/c1-13(2)12-23-17-19-18-16(20-8-6-14(3)7-9-20)21(17)11-15-5-4-10-22-15/h14-15H,1,4-12H2,2-3H3. The van der Waals surface area contributed by atoms with Crippen LogP contribution in [0, 0.1) is 5.92 Å². The molecule has 6 heteroatoms. The van der Waals surface area contributed by atoms with Crippen molar-refractivity contribution in [2.75, 3.05) is 30.3 Å². The minimum atomic E-state index is 0.303. The van der Waals surface area contributed by atoms with E-state index < -0.39 is 0 Å². The lowest BCUT2D eigenvalue weighted by molar-refractivity contribution is 0.0951. The molecular formula is C17H28N4OS. The summed E-state index contributed by atoms with van der Waals surface area (Å²) in [5.41, 5.74) is 1.16. The van der Waals surface area contributed by atoms with E-state index in [9.17, 15) is 0 Å². The Kier molecular flexibility index (Phi) is 5.64. The van der Waals surface area contributed by atoms with Crippen LogP contribution in [0.4, 0.5) is 5.95 Å². The van der Waals surface area contributed by atoms with E-state index in [2.05, 4.69) is 40.1 Å². The number of rotatable bonds is 6. The number of ether oxygens (including phenoxy) is 1. The van der Waals surface area contributed by atoms with Gasteiger partial charge in [-0.2, -0.15) is 0 Å². The maximum Gasteiger partial charge on any atom is 0.228 e. The Bertz CT molecular complexity index is 531. The Morgan fingerprint density at radius 1 is 1.30 bits per heavy atom. The van der Waals surface area contributed by atoms with Gasteiger partial charge in [0.2, 0.25) is 5.95 Å². The molecule has 0 saturated carbocycles. The van der Waals surface area contributed by atoms with Crippen LogP contribution in [0.15, 0.2) is 17.3 Å². The predicted octanol–water partition coefficient (Wildman–Crippen LogP) is 3.36. The number of piperidine rings is 1. The number of nitrogens with zero attached hydrogens (tertiary/aromatic N) is 4. The Labute approximate surface area is 143 Å². The first-order valence-corrected chi connectivity index (χ1v) is 9.69. The summed E-state index contributed by atoms with van der Waals surface area (Å²) in [7, 11) is 0. The molecule has 3 rings (SSSR count). The summed E-state index contributed by atoms with van der Waals surface area (Å²) < 4.78 is 8.12. The highest BCUT2D eigenvalue weighted by Crippen LogP contribution is 2.28. The summed E-state index contributed by atoms with van der Waals surface area (Å²) in [6, 6.07) is 0. The molecule has 128 valence electrons. The topological polar surface area (TPSA) is 43.2 Å². The highest BCUT2D eigenvalue weighted by Gasteiger charge is 2.25. The van der Waals surface area contributed by atoms with Crippen molar-refractivity contribution >= 4 is 17.7 Å². The van der Waals surface area contributed by atoms with Crippen LogP contribution in [-0.4, -0.2) is 46.3 Å². The number of aromatic nitrogens is 3. The van der Waals surface area contributed by atoms with Crippen molar-refractivity contribution < 1.29 is 4.74 Å². The van der Waals surface area contributed by atoms with Gasteiger partial charge in [-0.05, 0) is 38.5 Å². The number of thioether (sulfide) groups is 1. The van der Waals surface area contributed by atoms with E-state index in [0.29, 0.717) is 6.10 Å². The van der Waals surface area contributed by atoms with Gasteiger partial charge in [-0.25, -0.2) is 0 Å². The highest BCUT2D eigenvalue weighted by molar-refractivity contribution is 7.99. The molecule has 2 aliphatic rings. The molecule has 2 aliphatic heterocycles. The number of anilines is 1. The largest absolute Gasteiger partial charge is 0.376 e. The summed E-state index contributed by atoms with van der Waals surface area (Å²) in [6.45, 7) is 12.3. The Balaban J connectivity index is 1.77. The molecule has 0 aliphatic carbocycles. The SMILES string of the molecule is C=C(C)CSc1nnc(N2CCC(C)CC2)n1CC1CCCO1. The van der Waals surface area contributed by atoms with Gasteiger partial charge in [-0.1, -0.05) is 30.8 Å². The van der Waals surface area contributed by atoms with Crippen LogP contribution in [0.2, 0.25) is 0 Å². The highest BCUT2D eigenvalue weighted by atomic mass is 32.2. The summed E-state index contributed by atoms with van der Waals surface area (Å²) >= 11 is 1.73. The molecule has 1 unspecified atom stereocenters. The third kappa shape index (κ3) is 4.29. The van der Waals surface area contributed by atoms with E-state index in [1.54, 1.807) is 11.8 Å². The zero-order valence-electron chi connectivity index (χ0n) is 14.3. The van der Waals surface area contributed by atoms with Gasteiger partial charge in [0.1, 0.15) is 0 Å². The van der Waals surface area contributed by atoms with Crippen molar-refractivity contribution in [3.8, 4) is 0 Å². The molecule has 1 atom stereocenters. The van der Waals surface area contributed by atoms with E-state index in [0.717, 1.165) is 67.4 Å². The van der Waals surface area contributed by atoms with Crippen LogP contribution in [0.25, 0.3) is 0 Å². The number of hydrogen-bond donors (Lipinski definition) is 0. The fourth-order valence-corrected chi connectivity index (χ4v) is 3.96. The van der Waals surface area contributed by atoms with E-state index in [1.165, 1.54) is 12.8 Å². The van der Waals surface area contributed by atoms with Crippen molar-refractivity contribution in [1.82, 2.24) is 14.8 Å². The Morgan fingerprint density at radius 3 is 2.74 bits per heavy atom. The quantitative estimate of drug-likeness (QED) is 0.589. The Morgan fingerprint density at radius 2 is 2.09 bits per heavy atom. The van der Waals surface area contributed by atoms with Crippen LogP contribution in [0.5, 0.6) is 0 Å². The van der Waals surface area contributed by atoms with E-state index in [-0.39, 0.29) is 0 Å². The lowest BCUT2D eigenvalue weighted by Gasteiger charge is -2.31. The Hall–Kier alpha value is -1.01. The van der Waals surface area contributed by atoms with Crippen molar-refractivity contribution in [3.63, 3.8) is 0 Å². The molecule has 5 nitrogen and oxygen atoms in total. The maximum atomic E-state index is 5.84. The van der Waals surface area contributed by atoms with Crippen molar-refractivity contribution in [2.24, 2.45) is 5.92 Å². The maximum absolute atomic E-state index is 5.84. The monoisotopic (exact) mass is 336 g/mol. The first-order chi connectivity index (χ1) is 11.1. The van der Waals surface area contributed by atoms with Gasteiger partial charge in [0.25, 0.3) is 0 Å². The fourth-order valence-electron chi connectivity index (χ4n) is 3.17. The minimum Gasteiger partial charge on any atom is -0.376 e. The molecule has 0 amide bonds. The van der Waals surface area contributed by atoms with Gasteiger partial charge < -0.3 is 9.64 Å². The van der Waals surface area contributed by atoms with Gasteiger partial charge in [0, 0.05) is 25.4 Å². The summed E-state index contributed by atoms with van der Waals surface area (Å²) in [4.78, 5) is 2.40. The average molecular weight is 337 g/mol. The van der Waals surface area contributed by atoms with Gasteiger partial charge in [0.05, 0.1) is 12.6 Å². The van der Waals surface area contributed by atoms with Crippen molar-refractivity contribution in [1.29, 1.82) is 0 Å². The van der Waals surface area contributed by atoms with Gasteiger partial charge in [-0.15, -0.1) is 10.2 Å². The van der Waals surface area contributed by atoms with E-state index >= 15 is 0 Å². The molecule has 0 aromatic carbocycles. The molecule has 1 aromatic rings. The fraction of sp³-hybridized carbons (Fsp3) is 0.765. The molecule has 2 fully saturated rings. The second-order valence-electron chi connectivity index (χ2n) is 6.94. The molecule has 0 radical (unpaired) electrons. The normalized spacial score (nSPS) is 22.7. The van der Waals surface area contributed by atoms with Gasteiger partial charge in [-0.3, -0.25) is 4.57 Å². The van der Waals surface area contributed by atoms with Crippen molar-refractivity contribution in [2.45, 2.75) is 57.3 Å². The van der Waals surface area contributed by atoms with Crippen LogP contribution in [0.3, 0.4) is 0 Å². The summed E-state index contributed by atoms with van der Waals surface area (Å²) in [6.07, 6.45) is 5.08. The summed E-state index contributed by atoms with van der Waals surface area (Å²) in [5.74, 6) is 2.73. The molecule has 3 heterocycles. The number of hydrogen-bond acceptors (Lipinski definition) is 5. The molecule has 1 aromatic heterocycles. The minimum absolute atomic E-state index is 0.303. The molecule has 2 saturated heterocycles. The van der Waals surface area contributed by atoms with Crippen molar-refractivity contribution in [3.05, 3.63) is 12.2 Å². The summed E-state index contributed by atoms with van der Waals surface area (Å²) in [5, 5.41) is 9.98. The molecule has 0 N–H and O–H groups in total. The molecule has 23 heavy (non-hydrogen) atoms. The van der Waals surface area contributed by atoms with Gasteiger partial charge in [0.15, 0.2) is 5.16 Å². The lowest BCUT2D eigenvalue weighted by Crippen LogP contribution is -2.35. The average Bonchev–Trinajstić information content (AvgIpc) is 3.17. The lowest BCUT2D eigenvalue weighted by atomic mass is 10.00. The molecular weight excluding hydrogens is 308 g/mol. The van der Waals surface area contributed by atoms with Crippen LogP contribution < -0.4 is 4.90 Å². The smallest absolute Gasteiger partial charge is 0.228 e. The zero-order valence-corrected chi connectivity index (χ0v) is 15.1. The first kappa shape index (κ1) is 16.8. The molecule has 0 spiro atoms. The third-order valence-electron chi connectivity index (χ3n) is 4.62. The van der Waals surface area contributed by atoms with Crippen LogP contribution >= 0.6 is 11.8 Å². The predicted molar refractivity (Wildman–Crippen MR) is 95.1 cm³/mol. The first-order valence-electron chi connectivity index (χ1n) is 8.70. The van der Waals surface area contributed by atoms with Crippen LogP contribution in [-0.2, 0) is 11.3 Å². The van der Waals surface area contributed by atoms with Crippen LogP contribution in [0.1, 0.15) is 39.5 Å². The second-order valence-corrected chi connectivity index (χ2v) is 7.89.